The number of benzene rings is 1. The summed E-state index contributed by atoms with van der Waals surface area (Å²) in [4.78, 5) is 22.9. The third-order valence-corrected chi connectivity index (χ3v) is 3.09. The van der Waals surface area contributed by atoms with E-state index in [1.165, 1.54) is 0 Å². The molecule has 2 amide bonds. The van der Waals surface area contributed by atoms with E-state index >= 15 is 0 Å². The first kappa shape index (κ1) is 15.2. The SMILES string of the molecule is O=C(NCCC1(O)C(=O)Nc2ccccc21)OCC(F)F. The standard InChI is InChI=1S/C13H14F2N2O4/c14-10(15)7-21-12(19)16-6-5-13(20)8-3-1-2-4-9(8)17-11(13)18/h1-4,10,20H,5-7H2,(H,16,19)(H,17,18). The molecule has 0 saturated carbocycles. The van der Waals surface area contributed by atoms with Crippen molar-refractivity contribution in [2.24, 2.45) is 0 Å². The summed E-state index contributed by atoms with van der Waals surface area (Å²) in [7, 11) is 0. The summed E-state index contributed by atoms with van der Waals surface area (Å²) < 4.78 is 27.9. The van der Waals surface area contributed by atoms with Gasteiger partial charge in [-0.05, 0) is 6.07 Å². The van der Waals surface area contributed by atoms with Gasteiger partial charge in [0.15, 0.2) is 12.2 Å². The number of rotatable bonds is 5. The van der Waals surface area contributed by atoms with Gasteiger partial charge in [-0.1, -0.05) is 18.2 Å². The molecule has 21 heavy (non-hydrogen) atoms. The maximum Gasteiger partial charge on any atom is 0.407 e. The largest absolute Gasteiger partial charge is 0.443 e. The summed E-state index contributed by atoms with van der Waals surface area (Å²) in [5, 5.41) is 15.2. The van der Waals surface area contributed by atoms with Gasteiger partial charge >= 0.3 is 6.09 Å². The van der Waals surface area contributed by atoms with Gasteiger partial charge in [0.05, 0.1) is 0 Å². The zero-order valence-electron chi connectivity index (χ0n) is 10.9. The molecule has 8 heteroatoms. The fraction of sp³-hybridized carbons (Fsp3) is 0.385. The predicted octanol–water partition coefficient (Wildman–Crippen LogP) is 1.21. The van der Waals surface area contributed by atoms with Crippen LogP contribution in [-0.4, -0.2) is 36.7 Å². The minimum Gasteiger partial charge on any atom is -0.443 e. The molecule has 1 aliphatic heterocycles. The molecule has 1 aromatic rings. The van der Waals surface area contributed by atoms with E-state index in [1.807, 2.05) is 0 Å². The van der Waals surface area contributed by atoms with Gasteiger partial charge in [-0.3, -0.25) is 4.79 Å². The first-order valence-corrected chi connectivity index (χ1v) is 6.25. The molecule has 0 bridgehead atoms. The van der Waals surface area contributed by atoms with Gasteiger partial charge in [0, 0.05) is 24.2 Å². The van der Waals surface area contributed by atoms with E-state index in [0.29, 0.717) is 11.3 Å². The molecule has 0 aromatic heterocycles. The number of hydrogen-bond acceptors (Lipinski definition) is 4. The number of aliphatic hydroxyl groups is 1. The van der Waals surface area contributed by atoms with Crippen molar-refractivity contribution in [2.75, 3.05) is 18.5 Å². The second-order valence-corrected chi connectivity index (χ2v) is 4.53. The van der Waals surface area contributed by atoms with Crippen molar-refractivity contribution < 1.29 is 28.2 Å². The lowest BCUT2D eigenvalue weighted by Gasteiger charge is -2.20. The Labute approximate surface area is 119 Å². The normalized spacial score (nSPS) is 20.1. The number of carbonyl (C=O) groups is 2. The average molecular weight is 300 g/mol. The number of alkyl halides is 2. The Morgan fingerprint density at radius 2 is 2.14 bits per heavy atom. The van der Waals surface area contributed by atoms with Crippen LogP contribution in [0.15, 0.2) is 24.3 Å². The molecular formula is C13H14F2N2O4. The molecule has 1 heterocycles. The zero-order chi connectivity index (χ0) is 15.5. The number of amides is 2. The van der Waals surface area contributed by atoms with E-state index in [9.17, 15) is 23.5 Å². The fourth-order valence-corrected chi connectivity index (χ4v) is 2.08. The molecule has 0 spiro atoms. The third kappa shape index (κ3) is 3.27. The number of anilines is 1. The Kier molecular flexibility index (Phi) is 4.37. The van der Waals surface area contributed by atoms with E-state index in [1.54, 1.807) is 24.3 Å². The molecule has 0 aliphatic carbocycles. The Hall–Kier alpha value is -2.22. The molecule has 3 N–H and O–H groups in total. The van der Waals surface area contributed by atoms with Gasteiger partial charge in [-0.25, -0.2) is 13.6 Å². The molecule has 2 rings (SSSR count). The van der Waals surface area contributed by atoms with Crippen LogP contribution < -0.4 is 10.6 Å². The van der Waals surface area contributed by atoms with Crippen molar-refractivity contribution in [3.8, 4) is 0 Å². The molecule has 1 unspecified atom stereocenters. The number of ether oxygens (including phenoxy) is 1. The lowest BCUT2D eigenvalue weighted by atomic mass is 9.92. The van der Waals surface area contributed by atoms with Crippen molar-refractivity contribution in [3.05, 3.63) is 29.8 Å². The smallest absolute Gasteiger partial charge is 0.407 e. The highest BCUT2D eigenvalue weighted by molar-refractivity contribution is 6.04. The van der Waals surface area contributed by atoms with E-state index in [0.717, 1.165) is 0 Å². The van der Waals surface area contributed by atoms with Crippen LogP contribution in [0.25, 0.3) is 0 Å². The third-order valence-electron chi connectivity index (χ3n) is 3.09. The highest BCUT2D eigenvalue weighted by Gasteiger charge is 2.44. The Balaban J connectivity index is 1.91. The molecule has 1 aromatic carbocycles. The number of halogens is 2. The maximum atomic E-state index is 11.8. The minimum absolute atomic E-state index is 0.0969. The second kappa shape index (κ2) is 6.04. The number of nitrogens with one attached hydrogen (secondary N) is 2. The molecule has 1 aliphatic rings. The van der Waals surface area contributed by atoms with Gasteiger partial charge in [0.25, 0.3) is 12.3 Å². The van der Waals surface area contributed by atoms with Crippen molar-refractivity contribution in [1.82, 2.24) is 5.32 Å². The first-order valence-electron chi connectivity index (χ1n) is 6.25. The summed E-state index contributed by atoms with van der Waals surface area (Å²) in [6.07, 6.45) is -3.86. The van der Waals surface area contributed by atoms with Gasteiger partial charge < -0.3 is 20.5 Å². The van der Waals surface area contributed by atoms with Crippen LogP contribution >= 0.6 is 0 Å². The Morgan fingerprint density at radius 3 is 2.86 bits per heavy atom. The van der Waals surface area contributed by atoms with Crippen molar-refractivity contribution in [3.63, 3.8) is 0 Å². The zero-order valence-corrected chi connectivity index (χ0v) is 10.9. The van der Waals surface area contributed by atoms with Gasteiger partial charge in [-0.15, -0.1) is 0 Å². The summed E-state index contributed by atoms with van der Waals surface area (Å²) >= 11 is 0. The van der Waals surface area contributed by atoms with Crippen LogP contribution in [0, 0.1) is 0 Å². The lowest BCUT2D eigenvalue weighted by molar-refractivity contribution is -0.134. The lowest BCUT2D eigenvalue weighted by Crippen LogP contribution is -2.38. The molecule has 6 nitrogen and oxygen atoms in total. The highest BCUT2D eigenvalue weighted by Crippen LogP contribution is 2.37. The maximum absolute atomic E-state index is 11.8. The number of carbonyl (C=O) groups excluding carboxylic acids is 2. The molecule has 1 atom stereocenters. The van der Waals surface area contributed by atoms with Crippen LogP contribution in [0.2, 0.25) is 0 Å². The quantitative estimate of drug-likeness (QED) is 0.762. The predicted molar refractivity (Wildman–Crippen MR) is 68.9 cm³/mol. The summed E-state index contributed by atoms with van der Waals surface area (Å²) in [5.41, 5.74) is -0.838. The first-order chi connectivity index (χ1) is 9.93. The summed E-state index contributed by atoms with van der Waals surface area (Å²) in [5.74, 6) is -0.591. The number of hydrogen-bond donors (Lipinski definition) is 3. The van der Waals surface area contributed by atoms with Crippen LogP contribution in [-0.2, 0) is 15.1 Å². The average Bonchev–Trinajstić information content (AvgIpc) is 2.69. The topological polar surface area (TPSA) is 87.7 Å². The van der Waals surface area contributed by atoms with Crippen molar-refractivity contribution >= 4 is 17.7 Å². The van der Waals surface area contributed by atoms with Crippen LogP contribution in [0.1, 0.15) is 12.0 Å². The highest BCUT2D eigenvalue weighted by atomic mass is 19.3. The van der Waals surface area contributed by atoms with E-state index < -0.39 is 30.6 Å². The van der Waals surface area contributed by atoms with Crippen LogP contribution in [0.5, 0.6) is 0 Å². The van der Waals surface area contributed by atoms with Gasteiger partial charge in [0.2, 0.25) is 0 Å². The van der Waals surface area contributed by atoms with E-state index in [4.69, 9.17) is 0 Å². The summed E-state index contributed by atoms with van der Waals surface area (Å²) in [6.45, 7) is -1.10. The molecular weight excluding hydrogens is 286 g/mol. The fourth-order valence-electron chi connectivity index (χ4n) is 2.08. The molecule has 0 fully saturated rings. The number of alkyl carbamates (subject to hydrolysis) is 1. The Morgan fingerprint density at radius 1 is 1.43 bits per heavy atom. The molecule has 114 valence electrons. The minimum atomic E-state index is -2.74. The van der Waals surface area contributed by atoms with E-state index in [2.05, 4.69) is 15.4 Å². The summed E-state index contributed by atoms with van der Waals surface area (Å²) in [6, 6.07) is 6.64. The van der Waals surface area contributed by atoms with Crippen molar-refractivity contribution in [2.45, 2.75) is 18.4 Å². The molecule has 0 saturated heterocycles. The van der Waals surface area contributed by atoms with Gasteiger partial charge in [0.1, 0.15) is 0 Å². The van der Waals surface area contributed by atoms with E-state index in [-0.39, 0.29) is 13.0 Å². The monoisotopic (exact) mass is 300 g/mol. The van der Waals surface area contributed by atoms with Crippen molar-refractivity contribution in [1.29, 1.82) is 0 Å². The van der Waals surface area contributed by atoms with Crippen LogP contribution in [0.4, 0.5) is 19.3 Å². The number of para-hydroxylation sites is 1. The second-order valence-electron chi connectivity index (χ2n) is 4.53. The molecule has 0 radical (unpaired) electrons. The van der Waals surface area contributed by atoms with Gasteiger partial charge in [-0.2, -0.15) is 0 Å². The van der Waals surface area contributed by atoms with Crippen LogP contribution in [0.3, 0.4) is 0 Å². The number of fused-ring (bicyclic) bond motifs is 1. The Bertz CT molecular complexity index is 553.